The van der Waals surface area contributed by atoms with E-state index in [9.17, 15) is 14.7 Å². The number of pyridine rings is 1. The van der Waals surface area contributed by atoms with Crippen molar-refractivity contribution in [1.29, 1.82) is 0 Å². The summed E-state index contributed by atoms with van der Waals surface area (Å²) in [5.41, 5.74) is 3.98. The lowest BCUT2D eigenvalue weighted by molar-refractivity contribution is -0.113. The number of hydrogen-bond acceptors (Lipinski definition) is 5. The van der Waals surface area contributed by atoms with Crippen molar-refractivity contribution in [2.24, 2.45) is 7.05 Å². The number of halogens is 2. The van der Waals surface area contributed by atoms with Gasteiger partial charge in [-0.1, -0.05) is 11.6 Å². The molecule has 9 nitrogen and oxygen atoms in total. The van der Waals surface area contributed by atoms with E-state index in [1.807, 2.05) is 6.92 Å². The summed E-state index contributed by atoms with van der Waals surface area (Å²) >= 11 is 12.1. The average Bonchev–Trinajstić information content (AvgIpc) is 3.30. The molecular formula is C20H16Cl2N6O3. The molecule has 0 unspecified atom stereocenters. The van der Waals surface area contributed by atoms with Crippen molar-refractivity contribution in [3.63, 3.8) is 0 Å². The van der Waals surface area contributed by atoms with Crippen molar-refractivity contribution in [2.75, 3.05) is 11.2 Å². The number of carbonyl (C=O) groups is 2. The summed E-state index contributed by atoms with van der Waals surface area (Å²) < 4.78 is 2.49. The molecule has 31 heavy (non-hydrogen) atoms. The highest BCUT2D eigenvalue weighted by Gasteiger charge is 2.20. The van der Waals surface area contributed by atoms with Crippen LogP contribution in [0.5, 0.6) is 0 Å². The van der Waals surface area contributed by atoms with E-state index < -0.39 is 6.09 Å². The third-order valence-corrected chi connectivity index (χ3v) is 5.22. The fourth-order valence-electron chi connectivity index (χ4n) is 3.39. The molecule has 0 saturated carbocycles. The van der Waals surface area contributed by atoms with Crippen LogP contribution in [0.25, 0.3) is 33.4 Å². The Kier molecular flexibility index (Phi) is 5.38. The Hall–Kier alpha value is -3.43. The fourth-order valence-corrected chi connectivity index (χ4v) is 3.82. The standard InChI is InChI=1S/C20H16Cl2N6O3/c1-10-3-12(25-17(29)6-21)4-14(22)18(10)15-5-13-16(8-23-15)28(20(30)31)26-19(13)11-7-24-27(2)9-11/h3-5,7-9H,6H2,1-2H3,(H,25,29)(H,30,31). The van der Waals surface area contributed by atoms with Crippen LogP contribution >= 0.6 is 23.2 Å². The van der Waals surface area contributed by atoms with Gasteiger partial charge < -0.3 is 10.4 Å². The lowest BCUT2D eigenvalue weighted by Gasteiger charge is -2.12. The molecule has 0 aliphatic carbocycles. The monoisotopic (exact) mass is 458 g/mol. The van der Waals surface area contributed by atoms with Crippen LogP contribution in [0, 0.1) is 6.92 Å². The van der Waals surface area contributed by atoms with Crippen molar-refractivity contribution in [3.05, 3.63) is 47.4 Å². The Labute approximate surface area is 186 Å². The van der Waals surface area contributed by atoms with Gasteiger partial charge in [0.25, 0.3) is 0 Å². The second-order valence-corrected chi connectivity index (χ2v) is 7.54. The number of fused-ring (bicyclic) bond motifs is 1. The first kappa shape index (κ1) is 20.8. The van der Waals surface area contributed by atoms with Crippen LogP contribution in [-0.4, -0.2) is 47.5 Å². The Morgan fingerprint density at radius 3 is 2.61 bits per heavy atom. The van der Waals surface area contributed by atoms with E-state index in [1.54, 1.807) is 42.3 Å². The van der Waals surface area contributed by atoms with Crippen molar-refractivity contribution in [2.45, 2.75) is 6.92 Å². The number of carboxylic acid groups (broad SMARTS) is 1. The normalized spacial score (nSPS) is 11.1. The zero-order valence-electron chi connectivity index (χ0n) is 16.4. The van der Waals surface area contributed by atoms with Crippen LogP contribution in [-0.2, 0) is 11.8 Å². The van der Waals surface area contributed by atoms with E-state index in [0.29, 0.717) is 44.1 Å². The number of aromatic nitrogens is 5. The number of nitrogens with one attached hydrogen (secondary N) is 1. The van der Waals surface area contributed by atoms with E-state index >= 15 is 0 Å². The zero-order valence-corrected chi connectivity index (χ0v) is 17.9. The van der Waals surface area contributed by atoms with Crippen molar-refractivity contribution in [1.82, 2.24) is 24.5 Å². The molecule has 4 rings (SSSR count). The quantitative estimate of drug-likeness (QED) is 0.443. The minimum Gasteiger partial charge on any atom is -0.463 e. The van der Waals surface area contributed by atoms with Crippen LogP contribution in [0.2, 0.25) is 5.02 Å². The summed E-state index contributed by atoms with van der Waals surface area (Å²) in [6.07, 6.45) is 3.59. The number of carbonyl (C=O) groups excluding carboxylic acids is 1. The summed E-state index contributed by atoms with van der Waals surface area (Å²) in [4.78, 5) is 27.7. The molecule has 1 aromatic carbocycles. The zero-order chi connectivity index (χ0) is 22.3. The maximum Gasteiger partial charge on any atom is 0.432 e. The minimum absolute atomic E-state index is 0.165. The third kappa shape index (κ3) is 3.85. The van der Waals surface area contributed by atoms with Crippen LogP contribution in [0.3, 0.4) is 0 Å². The molecule has 0 saturated heterocycles. The molecule has 0 radical (unpaired) electrons. The number of amides is 1. The molecular weight excluding hydrogens is 443 g/mol. The van der Waals surface area contributed by atoms with Gasteiger partial charge >= 0.3 is 6.09 Å². The molecule has 2 N–H and O–H groups in total. The number of alkyl halides is 1. The predicted molar refractivity (Wildman–Crippen MR) is 118 cm³/mol. The van der Waals surface area contributed by atoms with Gasteiger partial charge in [0.1, 0.15) is 11.6 Å². The summed E-state index contributed by atoms with van der Waals surface area (Å²) in [6.45, 7) is 1.84. The molecule has 11 heteroatoms. The highest BCUT2D eigenvalue weighted by atomic mass is 35.5. The van der Waals surface area contributed by atoms with Gasteiger partial charge in [-0.15, -0.1) is 11.6 Å². The van der Waals surface area contributed by atoms with Gasteiger partial charge in [0.15, 0.2) is 0 Å². The van der Waals surface area contributed by atoms with E-state index in [-0.39, 0.29) is 11.8 Å². The maximum absolute atomic E-state index is 11.7. The number of nitrogens with zero attached hydrogens (tertiary/aromatic N) is 5. The Bertz CT molecular complexity index is 1320. The molecule has 3 heterocycles. The molecule has 3 aromatic heterocycles. The molecule has 0 bridgehead atoms. The fraction of sp³-hybridized carbons (Fsp3) is 0.150. The van der Waals surface area contributed by atoms with Crippen LogP contribution < -0.4 is 5.32 Å². The SMILES string of the molecule is Cc1cc(NC(=O)CCl)cc(Cl)c1-c1cc2c(-c3cnn(C)c3)nn(C(=O)O)c2cn1. The third-order valence-electron chi connectivity index (χ3n) is 4.67. The van der Waals surface area contributed by atoms with Crippen molar-refractivity contribution < 1.29 is 14.7 Å². The summed E-state index contributed by atoms with van der Waals surface area (Å²) in [7, 11) is 1.76. The summed E-state index contributed by atoms with van der Waals surface area (Å²) in [6, 6.07) is 5.12. The first-order valence-corrected chi connectivity index (χ1v) is 9.97. The molecule has 0 aliphatic rings. The number of rotatable bonds is 4. The Morgan fingerprint density at radius 1 is 1.23 bits per heavy atom. The lowest BCUT2D eigenvalue weighted by Crippen LogP contribution is -2.12. The van der Waals surface area contributed by atoms with E-state index in [4.69, 9.17) is 23.2 Å². The first-order valence-electron chi connectivity index (χ1n) is 9.06. The number of benzene rings is 1. The predicted octanol–water partition coefficient (Wildman–Crippen LogP) is 4.16. The average molecular weight is 459 g/mol. The molecule has 0 atom stereocenters. The highest BCUT2D eigenvalue weighted by Crippen LogP contribution is 2.36. The first-order chi connectivity index (χ1) is 14.8. The molecule has 4 aromatic rings. The smallest absolute Gasteiger partial charge is 0.432 e. The molecule has 0 aliphatic heterocycles. The molecule has 1 amide bonds. The van der Waals surface area contributed by atoms with E-state index in [2.05, 4.69) is 20.5 Å². The second kappa shape index (κ2) is 8.01. The maximum atomic E-state index is 11.7. The minimum atomic E-state index is -1.22. The van der Waals surface area contributed by atoms with E-state index in [0.717, 1.165) is 10.2 Å². The van der Waals surface area contributed by atoms with Gasteiger partial charge in [-0.2, -0.15) is 14.9 Å². The Balaban J connectivity index is 1.88. The largest absolute Gasteiger partial charge is 0.463 e. The van der Waals surface area contributed by atoms with Crippen LogP contribution in [0.4, 0.5) is 10.5 Å². The van der Waals surface area contributed by atoms with Gasteiger partial charge in [-0.3, -0.25) is 14.5 Å². The number of hydrogen-bond donors (Lipinski definition) is 2. The lowest BCUT2D eigenvalue weighted by atomic mass is 10.0. The van der Waals surface area contributed by atoms with Gasteiger partial charge in [0.05, 0.1) is 28.6 Å². The van der Waals surface area contributed by atoms with E-state index in [1.165, 1.54) is 6.20 Å². The number of anilines is 1. The second-order valence-electron chi connectivity index (χ2n) is 6.86. The van der Waals surface area contributed by atoms with Crippen molar-refractivity contribution >= 4 is 51.8 Å². The van der Waals surface area contributed by atoms with Gasteiger partial charge in [-0.05, 0) is 30.7 Å². The van der Waals surface area contributed by atoms with Crippen LogP contribution in [0.15, 0.2) is 36.8 Å². The molecule has 0 fully saturated rings. The van der Waals surface area contributed by atoms with Crippen LogP contribution in [0.1, 0.15) is 5.56 Å². The summed E-state index contributed by atoms with van der Waals surface area (Å²) in [5.74, 6) is -0.506. The van der Waals surface area contributed by atoms with Gasteiger partial charge in [0, 0.05) is 35.4 Å². The number of aryl methyl sites for hydroxylation is 2. The van der Waals surface area contributed by atoms with Crippen molar-refractivity contribution in [3.8, 4) is 22.5 Å². The Morgan fingerprint density at radius 2 is 2.00 bits per heavy atom. The summed E-state index contributed by atoms with van der Waals surface area (Å²) in [5, 5.41) is 21.6. The highest BCUT2D eigenvalue weighted by molar-refractivity contribution is 6.34. The molecule has 158 valence electrons. The van der Waals surface area contributed by atoms with Gasteiger partial charge in [0.2, 0.25) is 5.91 Å². The topological polar surface area (TPSA) is 115 Å². The van der Waals surface area contributed by atoms with Gasteiger partial charge in [-0.25, -0.2) is 4.79 Å². The molecule has 0 spiro atoms.